The highest BCUT2D eigenvalue weighted by Gasteiger charge is 2.32. The molecule has 0 unspecified atom stereocenters. The third-order valence-electron chi connectivity index (χ3n) is 2.53. The van der Waals surface area contributed by atoms with E-state index in [2.05, 4.69) is 4.74 Å². The van der Waals surface area contributed by atoms with Crippen molar-refractivity contribution >= 4 is 5.97 Å². The highest BCUT2D eigenvalue weighted by atomic mass is 16.6. The maximum atomic E-state index is 11.1. The molecule has 0 spiro atoms. The predicted octanol–water partition coefficient (Wildman–Crippen LogP) is 0.995. The normalized spacial score (nSPS) is 28.1. The van der Waals surface area contributed by atoms with Gasteiger partial charge in [-0.15, -0.1) is 0 Å². The van der Waals surface area contributed by atoms with Crippen LogP contribution < -0.4 is 0 Å². The lowest BCUT2D eigenvalue weighted by atomic mass is 9.86. The largest absolute Gasteiger partial charge is 0.469 e. The van der Waals surface area contributed by atoms with Gasteiger partial charge in [0.05, 0.1) is 13.0 Å². The van der Waals surface area contributed by atoms with Crippen LogP contribution in [0, 0.1) is 16.0 Å². The SMILES string of the molecule is COC(=O)C1CCC([N+](=O)[O-])CC1. The van der Waals surface area contributed by atoms with Crippen LogP contribution in [-0.2, 0) is 9.53 Å². The quantitative estimate of drug-likeness (QED) is 0.367. The number of methoxy groups -OCH3 is 1. The molecule has 74 valence electrons. The number of ether oxygens (including phenoxy) is 1. The topological polar surface area (TPSA) is 69.4 Å². The minimum Gasteiger partial charge on any atom is -0.469 e. The van der Waals surface area contributed by atoms with Gasteiger partial charge in [0, 0.05) is 17.8 Å². The molecular formula is C8H13NO4. The molecular weight excluding hydrogens is 174 g/mol. The van der Waals surface area contributed by atoms with Crippen molar-refractivity contribution in [3.8, 4) is 0 Å². The number of hydrogen-bond donors (Lipinski definition) is 0. The van der Waals surface area contributed by atoms with Crippen LogP contribution in [-0.4, -0.2) is 24.0 Å². The Morgan fingerprint density at radius 3 is 2.31 bits per heavy atom. The number of nitrogens with zero attached hydrogens (tertiary/aromatic N) is 1. The van der Waals surface area contributed by atoms with E-state index in [-0.39, 0.29) is 16.8 Å². The lowest BCUT2D eigenvalue weighted by Crippen LogP contribution is -2.29. The third kappa shape index (κ3) is 2.40. The van der Waals surface area contributed by atoms with Gasteiger partial charge in [-0.3, -0.25) is 14.9 Å². The lowest BCUT2D eigenvalue weighted by Gasteiger charge is -2.21. The van der Waals surface area contributed by atoms with Gasteiger partial charge in [0.1, 0.15) is 0 Å². The van der Waals surface area contributed by atoms with Crippen molar-refractivity contribution in [2.24, 2.45) is 5.92 Å². The zero-order valence-electron chi connectivity index (χ0n) is 7.56. The van der Waals surface area contributed by atoms with Crippen LogP contribution in [0.25, 0.3) is 0 Å². The number of rotatable bonds is 2. The van der Waals surface area contributed by atoms with Gasteiger partial charge in [0.25, 0.3) is 0 Å². The van der Waals surface area contributed by atoms with E-state index in [1.165, 1.54) is 7.11 Å². The molecule has 0 saturated heterocycles. The van der Waals surface area contributed by atoms with E-state index in [1.54, 1.807) is 0 Å². The highest BCUT2D eigenvalue weighted by molar-refractivity contribution is 5.72. The Kier molecular flexibility index (Phi) is 3.22. The van der Waals surface area contributed by atoms with E-state index in [4.69, 9.17) is 0 Å². The van der Waals surface area contributed by atoms with Crippen molar-refractivity contribution in [3.63, 3.8) is 0 Å². The Morgan fingerprint density at radius 2 is 1.92 bits per heavy atom. The summed E-state index contributed by atoms with van der Waals surface area (Å²) in [4.78, 5) is 21.2. The number of carbonyl (C=O) groups excluding carboxylic acids is 1. The maximum absolute atomic E-state index is 11.1. The Labute approximate surface area is 76.2 Å². The minimum absolute atomic E-state index is 0.124. The van der Waals surface area contributed by atoms with Gasteiger partial charge in [-0.2, -0.15) is 0 Å². The Balaban J connectivity index is 2.39. The highest BCUT2D eigenvalue weighted by Crippen LogP contribution is 2.26. The lowest BCUT2D eigenvalue weighted by molar-refractivity contribution is -0.526. The first kappa shape index (κ1) is 9.95. The van der Waals surface area contributed by atoms with Crippen molar-refractivity contribution in [1.82, 2.24) is 0 Å². The molecule has 13 heavy (non-hydrogen) atoms. The summed E-state index contributed by atoms with van der Waals surface area (Å²) in [6, 6.07) is -0.457. The molecule has 0 aliphatic heterocycles. The second-order valence-electron chi connectivity index (χ2n) is 3.31. The van der Waals surface area contributed by atoms with Gasteiger partial charge >= 0.3 is 5.97 Å². The molecule has 1 fully saturated rings. The molecule has 1 rings (SSSR count). The van der Waals surface area contributed by atoms with E-state index in [1.807, 2.05) is 0 Å². The second-order valence-corrected chi connectivity index (χ2v) is 3.31. The van der Waals surface area contributed by atoms with Gasteiger partial charge in [0.2, 0.25) is 6.04 Å². The second kappa shape index (κ2) is 4.20. The van der Waals surface area contributed by atoms with Crippen molar-refractivity contribution in [2.75, 3.05) is 7.11 Å². The Bertz CT molecular complexity index is 208. The molecule has 0 aromatic heterocycles. The molecule has 0 aromatic carbocycles. The number of hydrogen-bond acceptors (Lipinski definition) is 4. The molecule has 0 bridgehead atoms. The van der Waals surface area contributed by atoms with Crippen molar-refractivity contribution < 1.29 is 14.5 Å². The molecule has 0 radical (unpaired) electrons. The number of nitro groups is 1. The summed E-state index contributed by atoms with van der Waals surface area (Å²) in [5.41, 5.74) is 0. The summed E-state index contributed by atoms with van der Waals surface area (Å²) >= 11 is 0. The van der Waals surface area contributed by atoms with Crippen LogP contribution in [0.3, 0.4) is 0 Å². The summed E-state index contributed by atoms with van der Waals surface area (Å²) in [6.07, 6.45) is 2.15. The summed E-state index contributed by atoms with van der Waals surface area (Å²) in [7, 11) is 1.35. The molecule has 5 heteroatoms. The summed E-state index contributed by atoms with van der Waals surface area (Å²) in [5.74, 6) is -0.358. The van der Waals surface area contributed by atoms with Gasteiger partial charge in [-0.25, -0.2) is 0 Å². The smallest absolute Gasteiger partial charge is 0.308 e. The summed E-state index contributed by atoms with van der Waals surface area (Å²) in [6.45, 7) is 0. The predicted molar refractivity (Wildman–Crippen MR) is 44.8 cm³/mol. The fourth-order valence-corrected chi connectivity index (χ4v) is 1.69. The number of carbonyl (C=O) groups is 1. The minimum atomic E-state index is -0.457. The van der Waals surface area contributed by atoms with E-state index < -0.39 is 6.04 Å². The molecule has 0 heterocycles. The van der Waals surface area contributed by atoms with Crippen molar-refractivity contribution in [2.45, 2.75) is 31.7 Å². The Morgan fingerprint density at radius 1 is 1.38 bits per heavy atom. The van der Waals surface area contributed by atoms with Gasteiger partial charge < -0.3 is 4.74 Å². The van der Waals surface area contributed by atoms with E-state index >= 15 is 0 Å². The average Bonchev–Trinajstić information content (AvgIpc) is 2.17. The molecule has 0 amide bonds. The maximum Gasteiger partial charge on any atom is 0.308 e. The monoisotopic (exact) mass is 187 g/mol. The van der Waals surface area contributed by atoms with E-state index in [9.17, 15) is 14.9 Å². The van der Waals surface area contributed by atoms with Crippen LogP contribution in [0.2, 0.25) is 0 Å². The zero-order valence-corrected chi connectivity index (χ0v) is 7.56. The molecule has 1 saturated carbocycles. The van der Waals surface area contributed by atoms with Crippen LogP contribution in [0.5, 0.6) is 0 Å². The number of esters is 1. The Hall–Kier alpha value is -1.13. The van der Waals surface area contributed by atoms with E-state index in [0.717, 1.165) is 0 Å². The first-order chi connectivity index (χ1) is 6.15. The van der Waals surface area contributed by atoms with Crippen molar-refractivity contribution in [1.29, 1.82) is 0 Å². The fourth-order valence-electron chi connectivity index (χ4n) is 1.69. The molecule has 1 aliphatic rings. The molecule has 5 nitrogen and oxygen atoms in total. The molecule has 0 atom stereocenters. The first-order valence-electron chi connectivity index (χ1n) is 4.36. The first-order valence-corrected chi connectivity index (χ1v) is 4.36. The van der Waals surface area contributed by atoms with Crippen LogP contribution in [0.15, 0.2) is 0 Å². The summed E-state index contributed by atoms with van der Waals surface area (Å²) < 4.78 is 4.58. The average molecular weight is 187 g/mol. The van der Waals surface area contributed by atoms with Gasteiger partial charge in [0.15, 0.2) is 0 Å². The van der Waals surface area contributed by atoms with E-state index in [0.29, 0.717) is 25.7 Å². The third-order valence-corrected chi connectivity index (χ3v) is 2.53. The zero-order chi connectivity index (χ0) is 9.84. The van der Waals surface area contributed by atoms with Crippen LogP contribution in [0.1, 0.15) is 25.7 Å². The van der Waals surface area contributed by atoms with Crippen LogP contribution in [0.4, 0.5) is 0 Å². The van der Waals surface area contributed by atoms with Crippen LogP contribution >= 0.6 is 0 Å². The fraction of sp³-hybridized carbons (Fsp3) is 0.875. The standard InChI is InChI=1S/C8H13NO4/c1-13-8(10)6-2-4-7(5-3-6)9(11)12/h6-7H,2-5H2,1H3. The summed E-state index contributed by atoms with van der Waals surface area (Å²) in [5, 5.41) is 10.4. The molecule has 0 aromatic rings. The van der Waals surface area contributed by atoms with Gasteiger partial charge in [-0.1, -0.05) is 0 Å². The molecule has 0 N–H and O–H groups in total. The van der Waals surface area contributed by atoms with Crippen molar-refractivity contribution in [3.05, 3.63) is 10.1 Å². The van der Waals surface area contributed by atoms with Gasteiger partial charge in [-0.05, 0) is 12.8 Å². The molecule has 1 aliphatic carbocycles.